The molecule has 5 nitrogen and oxygen atoms in total. The van der Waals surface area contributed by atoms with Crippen LogP contribution in [0, 0.1) is 6.92 Å². The second kappa shape index (κ2) is 5.64. The lowest BCUT2D eigenvalue weighted by Crippen LogP contribution is -2.41. The molecule has 0 atom stereocenters. The van der Waals surface area contributed by atoms with E-state index in [1.165, 1.54) is 4.31 Å². The topological polar surface area (TPSA) is 62.6 Å². The first-order valence-corrected chi connectivity index (χ1v) is 8.19. The number of nitrogens with one attached hydrogen (secondary N) is 1. The number of furan rings is 1. The van der Waals surface area contributed by atoms with E-state index in [1.54, 1.807) is 20.0 Å². The summed E-state index contributed by atoms with van der Waals surface area (Å²) in [6.07, 6.45) is 3.02. The Kier molecular flexibility index (Phi) is 4.32. The van der Waals surface area contributed by atoms with E-state index in [-0.39, 0.29) is 6.04 Å². The number of sulfonamides is 1. The summed E-state index contributed by atoms with van der Waals surface area (Å²) in [5, 5.41) is 3.13. The SMILES string of the molecule is CCNCc1cc(S(=O)(=O)N(C)C2CCC2)c(C)o1. The number of hydrogen-bond acceptors (Lipinski definition) is 4. The number of rotatable bonds is 6. The van der Waals surface area contributed by atoms with Crippen LogP contribution in [0.1, 0.15) is 37.7 Å². The van der Waals surface area contributed by atoms with Crippen molar-refractivity contribution in [3.05, 3.63) is 17.6 Å². The van der Waals surface area contributed by atoms with Crippen LogP contribution < -0.4 is 5.32 Å². The van der Waals surface area contributed by atoms with Crippen LogP contribution in [0.2, 0.25) is 0 Å². The van der Waals surface area contributed by atoms with Gasteiger partial charge in [0.05, 0.1) is 6.54 Å². The van der Waals surface area contributed by atoms with E-state index in [0.717, 1.165) is 25.8 Å². The summed E-state index contributed by atoms with van der Waals surface area (Å²) in [5.41, 5.74) is 0. The molecule has 1 aromatic rings. The van der Waals surface area contributed by atoms with Crippen molar-refractivity contribution in [1.29, 1.82) is 0 Å². The van der Waals surface area contributed by atoms with Gasteiger partial charge in [-0.15, -0.1) is 0 Å². The molecule has 0 saturated heterocycles. The fourth-order valence-corrected chi connectivity index (χ4v) is 3.82. The minimum Gasteiger partial charge on any atom is -0.464 e. The molecule has 0 radical (unpaired) electrons. The Morgan fingerprint density at radius 3 is 2.68 bits per heavy atom. The monoisotopic (exact) mass is 286 g/mol. The van der Waals surface area contributed by atoms with Crippen molar-refractivity contribution in [3.8, 4) is 0 Å². The first-order valence-electron chi connectivity index (χ1n) is 6.75. The van der Waals surface area contributed by atoms with Gasteiger partial charge in [0.2, 0.25) is 10.0 Å². The highest BCUT2D eigenvalue weighted by atomic mass is 32.2. The molecule has 19 heavy (non-hydrogen) atoms. The largest absolute Gasteiger partial charge is 0.464 e. The van der Waals surface area contributed by atoms with Crippen molar-refractivity contribution in [2.75, 3.05) is 13.6 Å². The summed E-state index contributed by atoms with van der Waals surface area (Å²) in [6, 6.07) is 1.79. The molecule has 0 spiro atoms. The average Bonchev–Trinajstić information content (AvgIpc) is 2.66. The standard InChI is InChI=1S/C13H22N2O3S/c1-4-14-9-12-8-13(10(2)18-12)19(16,17)15(3)11-6-5-7-11/h8,11,14H,4-7,9H2,1-3H3. The summed E-state index contributed by atoms with van der Waals surface area (Å²) in [4.78, 5) is 0.301. The molecule has 1 heterocycles. The van der Waals surface area contributed by atoms with E-state index >= 15 is 0 Å². The molecular formula is C13H22N2O3S. The van der Waals surface area contributed by atoms with Crippen LogP contribution in [0.4, 0.5) is 0 Å². The normalized spacial score (nSPS) is 16.8. The Bertz CT molecular complexity index is 532. The highest BCUT2D eigenvalue weighted by Gasteiger charge is 2.33. The third-order valence-electron chi connectivity index (χ3n) is 3.72. The predicted molar refractivity (Wildman–Crippen MR) is 73.4 cm³/mol. The molecule has 0 aliphatic heterocycles. The summed E-state index contributed by atoms with van der Waals surface area (Å²) in [7, 11) is -1.76. The van der Waals surface area contributed by atoms with Crippen LogP contribution in [0.5, 0.6) is 0 Å². The molecule has 0 bridgehead atoms. The van der Waals surface area contributed by atoms with Gasteiger partial charge < -0.3 is 9.73 Å². The maximum atomic E-state index is 12.5. The molecular weight excluding hydrogens is 264 g/mol. The molecule has 1 fully saturated rings. The van der Waals surface area contributed by atoms with Gasteiger partial charge in [0.1, 0.15) is 16.4 Å². The van der Waals surface area contributed by atoms with Crippen molar-refractivity contribution in [2.24, 2.45) is 0 Å². The number of aryl methyl sites for hydroxylation is 1. The van der Waals surface area contributed by atoms with Crippen LogP contribution in [0.15, 0.2) is 15.4 Å². The molecule has 1 aromatic heterocycles. The fourth-order valence-electron chi connectivity index (χ4n) is 2.22. The van der Waals surface area contributed by atoms with E-state index in [2.05, 4.69) is 5.32 Å². The Balaban J connectivity index is 2.21. The van der Waals surface area contributed by atoms with Crippen LogP contribution in [-0.4, -0.2) is 32.4 Å². The zero-order valence-electron chi connectivity index (χ0n) is 11.8. The van der Waals surface area contributed by atoms with Crippen molar-refractivity contribution >= 4 is 10.0 Å². The van der Waals surface area contributed by atoms with Gasteiger partial charge in [0, 0.05) is 19.2 Å². The molecule has 108 valence electrons. The van der Waals surface area contributed by atoms with Crippen molar-refractivity contribution in [1.82, 2.24) is 9.62 Å². The van der Waals surface area contributed by atoms with Gasteiger partial charge in [0.25, 0.3) is 0 Å². The minimum absolute atomic E-state index is 0.150. The van der Waals surface area contributed by atoms with E-state index < -0.39 is 10.0 Å². The molecule has 1 saturated carbocycles. The summed E-state index contributed by atoms with van der Waals surface area (Å²) < 4.78 is 32.0. The highest BCUT2D eigenvalue weighted by Crippen LogP contribution is 2.30. The van der Waals surface area contributed by atoms with E-state index in [4.69, 9.17) is 4.42 Å². The van der Waals surface area contributed by atoms with Crippen molar-refractivity contribution in [2.45, 2.75) is 50.6 Å². The first-order chi connectivity index (χ1) is 8.96. The van der Waals surface area contributed by atoms with Gasteiger partial charge in [-0.25, -0.2) is 8.42 Å². The Labute approximate surface area is 115 Å². The number of nitrogens with zero attached hydrogens (tertiary/aromatic N) is 1. The Morgan fingerprint density at radius 2 is 2.16 bits per heavy atom. The smallest absolute Gasteiger partial charge is 0.246 e. The second-order valence-electron chi connectivity index (χ2n) is 5.02. The van der Waals surface area contributed by atoms with E-state index in [9.17, 15) is 8.42 Å². The zero-order valence-corrected chi connectivity index (χ0v) is 12.6. The van der Waals surface area contributed by atoms with Gasteiger partial charge in [-0.1, -0.05) is 13.3 Å². The van der Waals surface area contributed by atoms with Crippen LogP contribution in [0.25, 0.3) is 0 Å². The summed E-state index contributed by atoms with van der Waals surface area (Å²) >= 11 is 0. The molecule has 1 N–H and O–H groups in total. The van der Waals surface area contributed by atoms with Gasteiger partial charge in [-0.05, 0) is 26.3 Å². The van der Waals surface area contributed by atoms with Crippen LogP contribution in [0.3, 0.4) is 0 Å². The van der Waals surface area contributed by atoms with E-state index in [1.807, 2.05) is 6.92 Å². The van der Waals surface area contributed by atoms with Crippen LogP contribution in [-0.2, 0) is 16.6 Å². The number of hydrogen-bond donors (Lipinski definition) is 1. The van der Waals surface area contributed by atoms with Crippen molar-refractivity contribution in [3.63, 3.8) is 0 Å². The quantitative estimate of drug-likeness (QED) is 0.867. The maximum absolute atomic E-state index is 12.5. The molecule has 1 aliphatic carbocycles. The average molecular weight is 286 g/mol. The Hall–Kier alpha value is -0.850. The molecule has 0 aromatic carbocycles. The lowest BCUT2D eigenvalue weighted by Gasteiger charge is -2.33. The minimum atomic E-state index is -3.42. The molecule has 6 heteroatoms. The Morgan fingerprint density at radius 1 is 1.47 bits per heavy atom. The molecule has 0 amide bonds. The fraction of sp³-hybridized carbons (Fsp3) is 0.692. The molecule has 2 rings (SSSR count). The first kappa shape index (κ1) is 14.6. The third kappa shape index (κ3) is 2.85. The van der Waals surface area contributed by atoms with Gasteiger partial charge in [-0.3, -0.25) is 0 Å². The summed E-state index contributed by atoms with van der Waals surface area (Å²) in [6.45, 7) is 5.08. The summed E-state index contributed by atoms with van der Waals surface area (Å²) in [5.74, 6) is 1.14. The zero-order chi connectivity index (χ0) is 14.0. The van der Waals surface area contributed by atoms with Crippen LogP contribution >= 0.6 is 0 Å². The molecule has 1 aliphatic rings. The lowest BCUT2D eigenvalue weighted by molar-refractivity contribution is 0.249. The third-order valence-corrected chi connectivity index (χ3v) is 5.74. The van der Waals surface area contributed by atoms with Gasteiger partial charge in [-0.2, -0.15) is 4.31 Å². The van der Waals surface area contributed by atoms with Crippen molar-refractivity contribution < 1.29 is 12.8 Å². The maximum Gasteiger partial charge on any atom is 0.246 e. The second-order valence-corrected chi connectivity index (χ2v) is 6.99. The van der Waals surface area contributed by atoms with Gasteiger partial charge >= 0.3 is 0 Å². The van der Waals surface area contributed by atoms with Gasteiger partial charge in [0.15, 0.2) is 0 Å². The lowest BCUT2D eigenvalue weighted by atomic mass is 9.94. The van der Waals surface area contributed by atoms with E-state index in [0.29, 0.717) is 23.0 Å². The predicted octanol–water partition coefficient (Wildman–Crippen LogP) is 1.87. The molecule has 0 unspecified atom stereocenters. The highest BCUT2D eigenvalue weighted by molar-refractivity contribution is 7.89.